The van der Waals surface area contributed by atoms with Gasteiger partial charge in [-0.3, -0.25) is 9.59 Å². The summed E-state index contributed by atoms with van der Waals surface area (Å²) in [7, 11) is 0. The van der Waals surface area contributed by atoms with Crippen LogP contribution in [-0.4, -0.2) is 67.0 Å². The lowest BCUT2D eigenvalue weighted by atomic mass is 9.85. The van der Waals surface area contributed by atoms with Crippen molar-refractivity contribution in [2.75, 3.05) is 39.3 Å². The Bertz CT molecular complexity index is 970. The summed E-state index contributed by atoms with van der Waals surface area (Å²) in [4.78, 5) is 28.3. The highest BCUT2D eigenvalue weighted by atomic mass is 16.5. The van der Waals surface area contributed by atoms with Crippen LogP contribution in [0.1, 0.15) is 70.4 Å². The fourth-order valence-corrected chi connectivity index (χ4v) is 4.89. The van der Waals surface area contributed by atoms with Crippen molar-refractivity contribution >= 4 is 11.6 Å². The third-order valence-electron chi connectivity index (χ3n) is 6.71. The molecule has 2 aliphatic rings. The third-order valence-corrected chi connectivity index (χ3v) is 6.71. The SMILES string of the molecule is CCC(=O)c1cc(C(=O)CCCCN2CCNCC2)cc2c1O[C@H](CO)[C@H]2c1ccccc1. The maximum absolute atomic E-state index is 13.1. The van der Waals surface area contributed by atoms with Gasteiger partial charge in [-0.2, -0.15) is 0 Å². The fourth-order valence-electron chi connectivity index (χ4n) is 4.89. The predicted octanol–water partition coefficient (Wildman–Crippen LogP) is 3.42. The van der Waals surface area contributed by atoms with E-state index in [0.29, 0.717) is 29.7 Å². The number of fused-ring (bicyclic) bond motifs is 1. The smallest absolute Gasteiger partial charge is 0.166 e. The van der Waals surface area contributed by atoms with Crippen LogP contribution in [0.3, 0.4) is 0 Å². The molecular formula is C27H34N2O4. The third kappa shape index (κ3) is 5.35. The molecule has 2 aromatic rings. The highest BCUT2D eigenvalue weighted by molar-refractivity contribution is 6.04. The summed E-state index contributed by atoms with van der Waals surface area (Å²) >= 11 is 0. The molecule has 0 radical (unpaired) electrons. The quantitative estimate of drug-likeness (QED) is 0.427. The lowest BCUT2D eigenvalue weighted by Gasteiger charge is -2.26. The zero-order valence-corrected chi connectivity index (χ0v) is 19.4. The van der Waals surface area contributed by atoms with Crippen LogP contribution in [0.25, 0.3) is 0 Å². The maximum Gasteiger partial charge on any atom is 0.166 e. The van der Waals surface area contributed by atoms with E-state index in [9.17, 15) is 14.7 Å². The highest BCUT2D eigenvalue weighted by Crippen LogP contribution is 2.45. The van der Waals surface area contributed by atoms with Crippen molar-refractivity contribution < 1.29 is 19.4 Å². The molecule has 2 heterocycles. The number of benzene rings is 2. The molecule has 2 atom stereocenters. The maximum atomic E-state index is 13.1. The van der Waals surface area contributed by atoms with Gasteiger partial charge in [0.15, 0.2) is 11.6 Å². The van der Waals surface area contributed by atoms with Gasteiger partial charge in [0.05, 0.1) is 18.1 Å². The summed E-state index contributed by atoms with van der Waals surface area (Å²) in [6, 6.07) is 13.4. The summed E-state index contributed by atoms with van der Waals surface area (Å²) in [5.74, 6) is 0.313. The second-order valence-electron chi connectivity index (χ2n) is 8.92. The van der Waals surface area contributed by atoms with E-state index in [1.165, 1.54) is 0 Å². The number of nitrogens with one attached hydrogen (secondary N) is 1. The number of ketones is 2. The zero-order chi connectivity index (χ0) is 23.2. The van der Waals surface area contributed by atoms with Crippen molar-refractivity contribution in [3.8, 4) is 5.75 Å². The molecule has 0 saturated carbocycles. The number of ether oxygens (including phenoxy) is 1. The summed E-state index contributed by atoms with van der Waals surface area (Å²) in [5, 5.41) is 13.4. The molecule has 2 aromatic carbocycles. The Balaban J connectivity index is 1.55. The first kappa shape index (κ1) is 23.6. The van der Waals surface area contributed by atoms with Gasteiger partial charge < -0.3 is 20.1 Å². The minimum absolute atomic E-state index is 0.0509. The highest BCUT2D eigenvalue weighted by Gasteiger charge is 2.38. The Morgan fingerprint density at radius 3 is 2.55 bits per heavy atom. The lowest BCUT2D eigenvalue weighted by molar-refractivity contribution is 0.0971. The van der Waals surface area contributed by atoms with Gasteiger partial charge in [-0.15, -0.1) is 0 Å². The first-order valence-corrected chi connectivity index (χ1v) is 12.1. The average molecular weight is 451 g/mol. The molecule has 0 spiro atoms. The zero-order valence-electron chi connectivity index (χ0n) is 19.4. The molecule has 176 valence electrons. The lowest BCUT2D eigenvalue weighted by Crippen LogP contribution is -2.43. The van der Waals surface area contributed by atoms with Crippen LogP contribution >= 0.6 is 0 Å². The van der Waals surface area contributed by atoms with Crippen LogP contribution in [0.5, 0.6) is 5.75 Å². The van der Waals surface area contributed by atoms with Crippen molar-refractivity contribution in [1.82, 2.24) is 10.2 Å². The van der Waals surface area contributed by atoms with E-state index in [-0.39, 0.29) is 24.1 Å². The number of unbranched alkanes of at least 4 members (excludes halogenated alkanes) is 1. The van der Waals surface area contributed by atoms with E-state index in [1.54, 1.807) is 6.07 Å². The first-order chi connectivity index (χ1) is 16.1. The molecule has 33 heavy (non-hydrogen) atoms. The summed E-state index contributed by atoms with van der Waals surface area (Å²) in [5.41, 5.74) is 2.85. The Morgan fingerprint density at radius 1 is 1.09 bits per heavy atom. The fraction of sp³-hybridized carbons (Fsp3) is 0.481. The molecule has 0 aliphatic carbocycles. The number of carbonyl (C=O) groups is 2. The molecule has 0 unspecified atom stereocenters. The molecule has 0 amide bonds. The van der Waals surface area contributed by atoms with Gasteiger partial charge in [0.1, 0.15) is 11.9 Å². The molecule has 0 bridgehead atoms. The Labute approximate surface area is 195 Å². The summed E-state index contributed by atoms with van der Waals surface area (Å²) in [6.45, 7) is 6.85. The normalized spacial score (nSPS) is 20.3. The molecule has 4 rings (SSSR count). The van der Waals surface area contributed by atoms with E-state index in [4.69, 9.17) is 4.74 Å². The Hall–Kier alpha value is -2.54. The standard InChI is InChI=1S/C27H34N2O4/c1-2-23(31)21-16-20(24(32)10-6-7-13-29-14-11-28-12-15-29)17-22-26(19-8-4-3-5-9-19)25(18-30)33-27(21)22/h3-5,8-9,16-17,25-26,28,30H,2,6-7,10-15,18H2,1H3/t25-,26+/m1/s1. The van der Waals surface area contributed by atoms with Gasteiger partial charge in [0, 0.05) is 50.1 Å². The van der Waals surface area contributed by atoms with E-state index < -0.39 is 6.10 Å². The van der Waals surface area contributed by atoms with Gasteiger partial charge >= 0.3 is 0 Å². The molecule has 1 fully saturated rings. The molecule has 0 aromatic heterocycles. The van der Waals surface area contributed by atoms with Gasteiger partial charge in [-0.05, 0) is 37.1 Å². The number of rotatable bonds is 10. The van der Waals surface area contributed by atoms with Crippen LogP contribution < -0.4 is 10.1 Å². The van der Waals surface area contributed by atoms with E-state index in [2.05, 4.69) is 10.2 Å². The van der Waals surface area contributed by atoms with Crippen molar-refractivity contribution in [2.45, 2.75) is 44.6 Å². The number of Topliss-reactive ketones (excluding diaryl/α,β-unsaturated/α-hetero) is 2. The number of hydrogen-bond donors (Lipinski definition) is 2. The van der Waals surface area contributed by atoms with E-state index in [0.717, 1.165) is 56.7 Å². The Kier molecular flexibility index (Phi) is 7.91. The summed E-state index contributed by atoms with van der Waals surface area (Å²) < 4.78 is 6.08. The van der Waals surface area contributed by atoms with Gasteiger partial charge in [0.25, 0.3) is 0 Å². The molecular weight excluding hydrogens is 416 g/mol. The minimum Gasteiger partial charge on any atom is -0.486 e. The van der Waals surface area contributed by atoms with Crippen LogP contribution in [0.2, 0.25) is 0 Å². The number of hydrogen-bond acceptors (Lipinski definition) is 6. The molecule has 6 nitrogen and oxygen atoms in total. The van der Waals surface area contributed by atoms with Crippen LogP contribution in [-0.2, 0) is 0 Å². The largest absolute Gasteiger partial charge is 0.486 e. The van der Waals surface area contributed by atoms with Crippen LogP contribution in [0, 0.1) is 0 Å². The molecule has 6 heteroatoms. The molecule has 1 saturated heterocycles. The number of nitrogens with zero attached hydrogens (tertiary/aromatic N) is 1. The van der Waals surface area contributed by atoms with Gasteiger partial charge in [-0.25, -0.2) is 0 Å². The monoisotopic (exact) mass is 450 g/mol. The number of carbonyl (C=O) groups excluding carboxylic acids is 2. The van der Waals surface area contributed by atoms with Gasteiger partial charge in [0.2, 0.25) is 0 Å². The number of piperazine rings is 1. The van der Waals surface area contributed by atoms with Crippen molar-refractivity contribution in [3.05, 3.63) is 64.7 Å². The molecule has 2 aliphatic heterocycles. The summed E-state index contributed by atoms with van der Waals surface area (Å²) in [6.07, 6.45) is 2.13. The molecule has 2 N–H and O–H groups in total. The second-order valence-corrected chi connectivity index (χ2v) is 8.92. The van der Waals surface area contributed by atoms with E-state index in [1.807, 2.05) is 43.3 Å². The van der Waals surface area contributed by atoms with Crippen LogP contribution in [0.15, 0.2) is 42.5 Å². The minimum atomic E-state index is -0.477. The number of aliphatic hydroxyl groups excluding tert-OH is 1. The van der Waals surface area contributed by atoms with E-state index >= 15 is 0 Å². The van der Waals surface area contributed by atoms with Crippen molar-refractivity contribution in [3.63, 3.8) is 0 Å². The van der Waals surface area contributed by atoms with Crippen molar-refractivity contribution in [2.24, 2.45) is 0 Å². The van der Waals surface area contributed by atoms with Crippen molar-refractivity contribution in [1.29, 1.82) is 0 Å². The number of aliphatic hydroxyl groups is 1. The average Bonchev–Trinajstić information content (AvgIpc) is 3.25. The topological polar surface area (TPSA) is 78.9 Å². The van der Waals surface area contributed by atoms with Gasteiger partial charge in [-0.1, -0.05) is 37.3 Å². The first-order valence-electron chi connectivity index (χ1n) is 12.1. The van der Waals surface area contributed by atoms with Crippen LogP contribution in [0.4, 0.5) is 0 Å². The predicted molar refractivity (Wildman–Crippen MR) is 128 cm³/mol. The Morgan fingerprint density at radius 2 is 1.85 bits per heavy atom. The second kappa shape index (κ2) is 11.1.